The van der Waals surface area contributed by atoms with Crippen molar-refractivity contribution in [2.24, 2.45) is 0 Å². The van der Waals surface area contributed by atoms with Gasteiger partial charge in [-0.15, -0.1) is 0 Å². The molecule has 0 radical (unpaired) electrons. The second-order valence-corrected chi connectivity index (χ2v) is 2.81. The number of hydrogen-bond donors (Lipinski definition) is 0. The Morgan fingerprint density at radius 2 is 2.15 bits per heavy atom. The largest absolute Gasteiger partial charge is 0.460 e. The van der Waals surface area contributed by atoms with Crippen LogP contribution in [0.3, 0.4) is 0 Å². The van der Waals surface area contributed by atoms with Gasteiger partial charge in [0.25, 0.3) is 0 Å². The molecule has 0 N–H and O–H groups in total. The summed E-state index contributed by atoms with van der Waals surface area (Å²) in [6.45, 7) is 5.87. The number of hydrogen-bond acceptors (Lipinski definition) is 4. The molecular weight excluding hydrogens is 170 g/mol. The number of nitrogens with zero attached hydrogens (tertiary/aromatic N) is 1. The van der Waals surface area contributed by atoms with Crippen LogP contribution in [0.5, 0.6) is 0 Å². The Kier molecular flexibility index (Phi) is 6.18. The monoisotopic (exact) mass is 187 g/mol. The lowest BCUT2D eigenvalue weighted by Gasteiger charge is -2.19. The molecule has 0 saturated heterocycles. The lowest BCUT2D eigenvalue weighted by molar-refractivity contribution is -0.141. The van der Waals surface area contributed by atoms with Gasteiger partial charge >= 0.3 is 5.97 Å². The van der Waals surface area contributed by atoms with E-state index in [1.807, 2.05) is 25.9 Å². The maximum atomic E-state index is 10.6. The van der Waals surface area contributed by atoms with Gasteiger partial charge in [-0.2, -0.15) is 0 Å². The summed E-state index contributed by atoms with van der Waals surface area (Å²) in [5.41, 5.74) is 0. The summed E-state index contributed by atoms with van der Waals surface area (Å²) >= 11 is 0. The SMILES string of the molecule is C=CC(=O)OCCOC(C)N(C)C. The molecule has 0 aliphatic heterocycles. The minimum Gasteiger partial charge on any atom is -0.460 e. The van der Waals surface area contributed by atoms with Crippen LogP contribution in [0.25, 0.3) is 0 Å². The van der Waals surface area contributed by atoms with Crippen molar-refractivity contribution in [1.29, 1.82) is 0 Å². The molecule has 0 saturated carbocycles. The van der Waals surface area contributed by atoms with Crippen LogP contribution in [0.2, 0.25) is 0 Å². The molecule has 0 bridgehead atoms. The highest BCUT2D eigenvalue weighted by Gasteiger charge is 2.03. The van der Waals surface area contributed by atoms with Gasteiger partial charge in [0.15, 0.2) is 0 Å². The second-order valence-electron chi connectivity index (χ2n) is 2.81. The van der Waals surface area contributed by atoms with E-state index in [0.717, 1.165) is 6.08 Å². The number of carbonyl (C=O) groups is 1. The number of ether oxygens (including phenoxy) is 2. The predicted molar refractivity (Wildman–Crippen MR) is 50.3 cm³/mol. The Labute approximate surface area is 79.1 Å². The van der Waals surface area contributed by atoms with Gasteiger partial charge in [0, 0.05) is 6.08 Å². The van der Waals surface area contributed by atoms with Gasteiger partial charge in [-0.1, -0.05) is 6.58 Å². The number of carbonyl (C=O) groups excluding carboxylic acids is 1. The Balaban J connectivity index is 3.35. The van der Waals surface area contributed by atoms with Crippen molar-refractivity contribution in [1.82, 2.24) is 4.90 Å². The minimum absolute atomic E-state index is 0.0300. The standard InChI is InChI=1S/C9H17NO3/c1-5-9(11)13-7-6-12-8(2)10(3)4/h5,8H,1,6-7H2,2-4H3. The molecule has 0 heterocycles. The summed E-state index contributed by atoms with van der Waals surface area (Å²) in [5.74, 6) is -0.416. The van der Waals surface area contributed by atoms with Gasteiger partial charge in [0.05, 0.1) is 6.61 Å². The number of rotatable bonds is 6. The average molecular weight is 187 g/mol. The average Bonchev–Trinajstić information content (AvgIpc) is 2.11. The van der Waals surface area contributed by atoms with Gasteiger partial charge in [-0.25, -0.2) is 4.79 Å². The van der Waals surface area contributed by atoms with E-state index in [9.17, 15) is 4.79 Å². The lowest BCUT2D eigenvalue weighted by Crippen LogP contribution is -2.28. The first-order valence-electron chi connectivity index (χ1n) is 4.15. The normalized spacial score (nSPS) is 12.6. The van der Waals surface area contributed by atoms with Crippen molar-refractivity contribution in [2.45, 2.75) is 13.2 Å². The van der Waals surface area contributed by atoms with E-state index in [2.05, 4.69) is 6.58 Å². The molecule has 0 rings (SSSR count). The van der Waals surface area contributed by atoms with Crippen molar-refractivity contribution >= 4 is 5.97 Å². The van der Waals surface area contributed by atoms with Gasteiger partial charge in [-0.3, -0.25) is 4.90 Å². The Morgan fingerprint density at radius 3 is 2.62 bits per heavy atom. The van der Waals surface area contributed by atoms with Crippen LogP contribution in [0.15, 0.2) is 12.7 Å². The van der Waals surface area contributed by atoms with E-state index >= 15 is 0 Å². The van der Waals surface area contributed by atoms with E-state index < -0.39 is 5.97 Å². The molecule has 0 aromatic carbocycles. The zero-order valence-electron chi connectivity index (χ0n) is 8.45. The molecular formula is C9H17NO3. The van der Waals surface area contributed by atoms with E-state index in [-0.39, 0.29) is 12.8 Å². The predicted octanol–water partition coefficient (Wildman–Crippen LogP) is 0.640. The summed E-state index contributed by atoms with van der Waals surface area (Å²) in [5, 5.41) is 0. The Bertz CT molecular complexity index is 168. The maximum Gasteiger partial charge on any atom is 0.330 e. The molecule has 4 nitrogen and oxygen atoms in total. The Hall–Kier alpha value is -0.870. The first kappa shape index (κ1) is 12.1. The van der Waals surface area contributed by atoms with Crippen LogP contribution in [0, 0.1) is 0 Å². The molecule has 0 aromatic heterocycles. The van der Waals surface area contributed by atoms with Crippen LogP contribution in [0.1, 0.15) is 6.92 Å². The van der Waals surface area contributed by atoms with E-state index in [0.29, 0.717) is 6.61 Å². The molecule has 1 atom stereocenters. The zero-order valence-corrected chi connectivity index (χ0v) is 8.45. The van der Waals surface area contributed by atoms with Gasteiger partial charge in [0.1, 0.15) is 12.8 Å². The molecule has 1 unspecified atom stereocenters. The molecule has 0 aliphatic carbocycles. The smallest absolute Gasteiger partial charge is 0.330 e. The van der Waals surface area contributed by atoms with Crippen LogP contribution in [-0.4, -0.2) is 44.4 Å². The molecule has 0 aliphatic rings. The zero-order chi connectivity index (χ0) is 10.3. The minimum atomic E-state index is -0.416. The molecule has 0 spiro atoms. The van der Waals surface area contributed by atoms with E-state index in [1.165, 1.54) is 0 Å². The van der Waals surface area contributed by atoms with Crippen LogP contribution in [-0.2, 0) is 14.3 Å². The fourth-order valence-electron chi connectivity index (χ4n) is 0.569. The highest BCUT2D eigenvalue weighted by atomic mass is 16.6. The third-order valence-electron chi connectivity index (χ3n) is 1.58. The van der Waals surface area contributed by atoms with Crippen molar-refractivity contribution < 1.29 is 14.3 Å². The maximum absolute atomic E-state index is 10.6. The third-order valence-corrected chi connectivity index (χ3v) is 1.58. The lowest BCUT2D eigenvalue weighted by atomic mass is 10.6. The van der Waals surface area contributed by atoms with Crippen LogP contribution < -0.4 is 0 Å². The first-order chi connectivity index (χ1) is 6.07. The topological polar surface area (TPSA) is 38.8 Å². The van der Waals surface area contributed by atoms with E-state index in [4.69, 9.17) is 9.47 Å². The van der Waals surface area contributed by atoms with Gasteiger partial charge in [0.2, 0.25) is 0 Å². The fraction of sp³-hybridized carbons (Fsp3) is 0.667. The van der Waals surface area contributed by atoms with E-state index in [1.54, 1.807) is 0 Å². The van der Waals surface area contributed by atoms with Crippen molar-refractivity contribution in [3.05, 3.63) is 12.7 Å². The van der Waals surface area contributed by atoms with Crippen molar-refractivity contribution in [3.63, 3.8) is 0 Å². The number of esters is 1. The fourth-order valence-corrected chi connectivity index (χ4v) is 0.569. The third kappa shape index (κ3) is 6.31. The van der Waals surface area contributed by atoms with Crippen LogP contribution in [0.4, 0.5) is 0 Å². The highest BCUT2D eigenvalue weighted by molar-refractivity contribution is 5.81. The molecule has 4 heteroatoms. The second kappa shape index (κ2) is 6.62. The summed E-state index contributed by atoms with van der Waals surface area (Å²) in [6, 6.07) is 0. The summed E-state index contributed by atoms with van der Waals surface area (Å²) in [4.78, 5) is 12.5. The quantitative estimate of drug-likeness (QED) is 0.265. The van der Waals surface area contributed by atoms with Gasteiger partial charge in [-0.05, 0) is 21.0 Å². The van der Waals surface area contributed by atoms with Crippen molar-refractivity contribution in [3.8, 4) is 0 Å². The molecule has 0 fully saturated rings. The molecule has 13 heavy (non-hydrogen) atoms. The highest BCUT2D eigenvalue weighted by Crippen LogP contribution is 1.93. The van der Waals surface area contributed by atoms with Gasteiger partial charge < -0.3 is 9.47 Å². The summed E-state index contributed by atoms with van der Waals surface area (Å²) in [6.07, 6.45) is 1.16. The molecule has 76 valence electrons. The summed E-state index contributed by atoms with van der Waals surface area (Å²) in [7, 11) is 3.83. The molecule has 0 amide bonds. The van der Waals surface area contributed by atoms with Crippen molar-refractivity contribution in [2.75, 3.05) is 27.3 Å². The molecule has 0 aromatic rings. The summed E-state index contributed by atoms with van der Waals surface area (Å²) < 4.78 is 10.0. The Morgan fingerprint density at radius 1 is 1.54 bits per heavy atom. The first-order valence-corrected chi connectivity index (χ1v) is 4.15. The van der Waals surface area contributed by atoms with Crippen LogP contribution >= 0.6 is 0 Å².